The van der Waals surface area contributed by atoms with Crippen molar-refractivity contribution in [2.24, 2.45) is 0 Å². The standard InChI is InChI=1S/C19H20N2O2/c1-13-7-9-15(10-8-13)23-12-11-20-19(22)18-14(2)21-17-6-4-3-5-16(17)18/h3-10,21H,11-12H2,1-2H3,(H,20,22). The fraction of sp³-hybridized carbons (Fsp3) is 0.211. The quantitative estimate of drug-likeness (QED) is 0.708. The highest BCUT2D eigenvalue weighted by molar-refractivity contribution is 6.08. The Hall–Kier alpha value is -2.75. The molecule has 4 nitrogen and oxygen atoms in total. The number of amides is 1. The lowest BCUT2D eigenvalue weighted by molar-refractivity contribution is 0.0948. The lowest BCUT2D eigenvalue weighted by Gasteiger charge is -2.08. The first-order valence-corrected chi connectivity index (χ1v) is 7.70. The molecule has 23 heavy (non-hydrogen) atoms. The van der Waals surface area contributed by atoms with Crippen molar-refractivity contribution in [2.75, 3.05) is 13.2 Å². The van der Waals surface area contributed by atoms with Crippen molar-refractivity contribution in [2.45, 2.75) is 13.8 Å². The van der Waals surface area contributed by atoms with Crippen molar-refractivity contribution in [1.82, 2.24) is 10.3 Å². The summed E-state index contributed by atoms with van der Waals surface area (Å²) in [5.41, 5.74) is 3.76. The van der Waals surface area contributed by atoms with Gasteiger partial charge < -0.3 is 15.0 Å². The Balaban J connectivity index is 1.58. The van der Waals surface area contributed by atoms with Gasteiger partial charge in [-0.25, -0.2) is 0 Å². The number of carbonyl (C=O) groups excluding carboxylic acids is 1. The van der Waals surface area contributed by atoms with Gasteiger partial charge in [-0.05, 0) is 32.0 Å². The van der Waals surface area contributed by atoms with E-state index in [2.05, 4.69) is 10.3 Å². The number of ether oxygens (including phenoxy) is 1. The van der Waals surface area contributed by atoms with Gasteiger partial charge in [0, 0.05) is 16.6 Å². The predicted octanol–water partition coefficient (Wildman–Crippen LogP) is 3.59. The van der Waals surface area contributed by atoms with Crippen LogP contribution in [0.3, 0.4) is 0 Å². The van der Waals surface area contributed by atoms with Crippen molar-refractivity contribution in [3.63, 3.8) is 0 Å². The van der Waals surface area contributed by atoms with Crippen molar-refractivity contribution in [1.29, 1.82) is 0 Å². The number of benzene rings is 2. The third kappa shape index (κ3) is 3.37. The Kier molecular flexibility index (Phi) is 4.33. The minimum atomic E-state index is -0.0764. The molecule has 0 atom stereocenters. The third-order valence-corrected chi connectivity index (χ3v) is 3.80. The van der Waals surface area contributed by atoms with E-state index in [9.17, 15) is 4.79 Å². The van der Waals surface area contributed by atoms with E-state index >= 15 is 0 Å². The maximum absolute atomic E-state index is 12.4. The third-order valence-electron chi connectivity index (χ3n) is 3.80. The van der Waals surface area contributed by atoms with Crippen molar-refractivity contribution in [3.05, 3.63) is 65.4 Å². The van der Waals surface area contributed by atoms with E-state index in [-0.39, 0.29) is 5.91 Å². The van der Waals surface area contributed by atoms with Crippen LogP contribution in [0.15, 0.2) is 48.5 Å². The molecule has 3 aromatic rings. The average Bonchev–Trinajstić information content (AvgIpc) is 2.89. The highest BCUT2D eigenvalue weighted by Crippen LogP contribution is 2.21. The number of aryl methyl sites for hydroxylation is 2. The molecule has 0 saturated carbocycles. The molecule has 0 aliphatic heterocycles. The van der Waals surface area contributed by atoms with Crippen LogP contribution in [-0.2, 0) is 0 Å². The second-order valence-electron chi connectivity index (χ2n) is 5.59. The van der Waals surface area contributed by atoms with Gasteiger partial charge in [0.25, 0.3) is 5.91 Å². The number of hydrogen-bond acceptors (Lipinski definition) is 2. The molecule has 118 valence electrons. The van der Waals surface area contributed by atoms with Crippen LogP contribution in [-0.4, -0.2) is 24.0 Å². The van der Waals surface area contributed by atoms with Gasteiger partial charge in [-0.15, -0.1) is 0 Å². The van der Waals surface area contributed by atoms with Crippen LogP contribution in [0.25, 0.3) is 10.9 Å². The van der Waals surface area contributed by atoms with Crippen LogP contribution in [0.5, 0.6) is 5.75 Å². The van der Waals surface area contributed by atoms with Crippen LogP contribution in [0, 0.1) is 13.8 Å². The monoisotopic (exact) mass is 308 g/mol. The lowest BCUT2D eigenvalue weighted by atomic mass is 10.1. The summed E-state index contributed by atoms with van der Waals surface area (Å²) in [7, 11) is 0. The zero-order valence-electron chi connectivity index (χ0n) is 13.3. The normalized spacial score (nSPS) is 10.7. The Morgan fingerprint density at radius 2 is 1.83 bits per heavy atom. The van der Waals surface area contributed by atoms with Crippen LogP contribution in [0.2, 0.25) is 0 Å². The highest BCUT2D eigenvalue weighted by Gasteiger charge is 2.15. The molecule has 4 heteroatoms. The van der Waals surface area contributed by atoms with E-state index in [4.69, 9.17) is 4.74 Å². The summed E-state index contributed by atoms with van der Waals surface area (Å²) in [5.74, 6) is 0.737. The molecule has 0 saturated heterocycles. The predicted molar refractivity (Wildman–Crippen MR) is 92.0 cm³/mol. The van der Waals surface area contributed by atoms with Crippen LogP contribution in [0.1, 0.15) is 21.6 Å². The maximum Gasteiger partial charge on any atom is 0.253 e. The molecule has 1 heterocycles. The Morgan fingerprint density at radius 1 is 1.09 bits per heavy atom. The van der Waals surface area contributed by atoms with E-state index < -0.39 is 0 Å². The van der Waals surface area contributed by atoms with Crippen molar-refractivity contribution in [3.8, 4) is 5.75 Å². The first kappa shape index (κ1) is 15.2. The first-order valence-electron chi connectivity index (χ1n) is 7.70. The summed E-state index contributed by atoms with van der Waals surface area (Å²) in [6.07, 6.45) is 0. The molecule has 0 unspecified atom stereocenters. The zero-order chi connectivity index (χ0) is 16.2. The van der Waals surface area contributed by atoms with Crippen molar-refractivity contribution < 1.29 is 9.53 Å². The molecule has 1 amide bonds. The number of H-pyrrole nitrogens is 1. The average molecular weight is 308 g/mol. The number of carbonyl (C=O) groups is 1. The molecule has 0 aliphatic carbocycles. The summed E-state index contributed by atoms with van der Waals surface area (Å²) >= 11 is 0. The summed E-state index contributed by atoms with van der Waals surface area (Å²) in [4.78, 5) is 15.6. The minimum absolute atomic E-state index is 0.0764. The largest absolute Gasteiger partial charge is 0.492 e. The molecule has 0 aliphatic rings. The summed E-state index contributed by atoms with van der Waals surface area (Å²) < 4.78 is 5.62. The zero-order valence-corrected chi connectivity index (χ0v) is 13.3. The SMILES string of the molecule is Cc1ccc(OCCNC(=O)c2c(C)[nH]c3ccccc23)cc1. The first-order chi connectivity index (χ1) is 11.1. The van der Waals surface area contributed by atoms with Gasteiger partial charge in [-0.1, -0.05) is 35.9 Å². The van der Waals surface area contributed by atoms with E-state index in [1.54, 1.807) is 0 Å². The fourth-order valence-corrected chi connectivity index (χ4v) is 2.63. The molecule has 2 aromatic carbocycles. The maximum atomic E-state index is 12.4. The molecule has 2 N–H and O–H groups in total. The van der Waals surface area contributed by atoms with E-state index in [0.29, 0.717) is 18.7 Å². The molecular weight excluding hydrogens is 288 g/mol. The summed E-state index contributed by atoms with van der Waals surface area (Å²) in [6.45, 7) is 4.85. The molecule has 0 bridgehead atoms. The Labute approximate surface area is 135 Å². The van der Waals surface area contributed by atoms with Gasteiger partial charge in [0.05, 0.1) is 12.1 Å². The van der Waals surface area contributed by atoms with Crippen LogP contribution in [0.4, 0.5) is 0 Å². The van der Waals surface area contributed by atoms with E-state index in [1.807, 2.05) is 62.4 Å². The Bertz CT molecular complexity index is 819. The molecule has 0 radical (unpaired) electrons. The number of aromatic amines is 1. The van der Waals surface area contributed by atoms with Gasteiger partial charge >= 0.3 is 0 Å². The number of nitrogens with one attached hydrogen (secondary N) is 2. The second-order valence-corrected chi connectivity index (χ2v) is 5.59. The Morgan fingerprint density at radius 3 is 2.61 bits per heavy atom. The van der Waals surface area contributed by atoms with E-state index in [0.717, 1.165) is 22.3 Å². The van der Waals surface area contributed by atoms with Gasteiger partial charge in [0.2, 0.25) is 0 Å². The number of hydrogen-bond donors (Lipinski definition) is 2. The van der Waals surface area contributed by atoms with E-state index in [1.165, 1.54) is 5.56 Å². The molecule has 0 spiro atoms. The highest BCUT2D eigenvalue weighted by atomic mass is 16.5. The number of para-hydroxylation sites is 1. The molecule has 0 fully saturated rings. The smallest absolute Gasteiger partial charge is 0.253 e. The topological polar surface area (TPSA) is 54.1 Å². The van der Waals surface area contributed by atoms with Gasteiger partial charge in [0.1, 0.15) is 12.4 Å². The summed E-state index contributed by atoms with van der Waals surface area (Å²) in [6, 6.07) is 15.7. The van der Waals surface area contributed by atoms with Crippen LogP contribution < -0.4 is 10.1 Å². The second kappa shape index (κ2) is 6.57. The van der Waals surface area contributed by atoms with Gasteiger partial charge in [0.15, 0.2) is 0 Å². The molecular formula is C19H20N2O2. The number of fused-ring (bicyclic) bond motifs is 1. The lowest BCUT2D eigenvalue weighted by Crippen LogP contribution is -2.28. The van der Waals surface area contributed by atoms with Crippen molar-refractivity contribution >= 4 is 16.8 Å². The van der Waals surface area contributed by atoms with Gasteiger partial charge in [-0.2, -0.15) is 0 Å². The molecule has 3 rings (SSSR count). The minimum Gasteiger partial charge on any atom is -0.492 e. The number of rotatable bonds is 5. The summed E-state index contributed by atoms with van der Waals surface area (Å²) in [5, 5.41) is 3.86. The number of aromatic nitrogens is 1. The fourth-order valence-electron chi connectivity index (χ4n) is 2.63. The van der Waals surface area contributed by atoms with Gasteiger partial charge in [-0.3, -0.25) is 4.79 Å². The molecule has 1 aromatic heterocycles. The van der Waals surface area contributed by atoms with Crippen LogP contribution >= 0.6 is 0 Å².